The number of nitro groups is 1. The molecule has 21 heavy (non-hydrogen) atoms. The van der Waals surface area contributed by atoms with Gasteiger partial charge >= 0.3 is 0 Å². The molecule has 0 radical (unpaired) electrons. The van der Waals surface area contributed by atoms with Crippen LogP contribution in [-0.2, 0) is 0 Å². The summed E-state index contributed by atoms with van der Waals surface area (Å²) in [7, 11) is 0. The highest BCUT2D eigenvalue weighted by Crippen LogP contribution is 2.39. The molecule has 0 aliphatic heterocycles. The third-order valence-corrected chi connectivity index (χ3v) is 3.17. The summed E-state index contributed by atoms with van der Waals surface area (Å²) in [4.78, 5) is 18.1. The van der Waals surface area contributed by atoms with Gasteiger partial charge in [0, 0.05) is 18.1 Å². The Morgan fingerprint density at radius 2 is 2.10 bits per heavy atom. The molecule has 8 heteroatoms. The number of rotatable bonds is 4. The lowest BCUT2D eigenvalue weighted by molar-refractivity contribution is -0.385. The fraction of sp³-hybridized carbons (Fsp3) is 0.231. The zero-order valence-corrected chi connectivity index (χ0v) is 11.4. The summed E-state index contributed by atoms with van der Waals surface area (Å²) in [6, 6.07) is 4.50. The quantitative estimate of drug-likeness (QED) is 0.487. The average Bonchev–Trinajstić information content (AvgIpc) is 3.24. The fourth-order valence-corrected chi connectivity index (χ4v) is 1.97. The Morgan fingerprint density at radius 1 is 1.33 bits per heavy atom. The Balaban J connectivity index is 1.88. The van der Waals surface area contributed by atoms with Gasteiger partial charge in [-0.05, 0) is 18.9 Å². The molecule has 1 heterocycles. The molecule has 1 fully saturated rings. The predicted molar refractivity (Wildman–Crippen MR) is 72.1 cm³/mol. The van der Waals surface area contributed by atoms with E-state index in [-0.39, 0.29) is 28.4 Å². The van der Waals surface area contributed by atoms with Crippen LogP contribution in [0.15, 0.2) is 24.3 Å². The van der Waals surface area contributed by atoms with Gasteiger partial charge in [0.25, 0.3) is 5.69 Å². The molecule has 2 aromatic rings. The molecule has 0 bridgehead atoms. The zero-order valence-electron chi connectivity index (χ0n) is 10.6. The number of nitrogens with zero attached hydrogens (tertiary/aromatic N) is 3. The topological polar surface area (TPSA) is 78.2 Å². The molecule has 108 valence electrons. The van der Waals surface area contributed by atoms with Crippen LogP contribution < -0.4 is 4.74 Å². The Kier molecular flexibility index (Phi) is 3.42. The average molecular weight is 310 g/mol. The first-order valence-corrected chi connectivity index (χ1v) is 6.57. The van der Waals surface area contributed by atoms with Gasteiger partial charge in [-0.3, -0.25) is 10.1 Å². The molecule has 1 aromatic heterocycles. The molecule has 1 aliphatic rings. The molecular weight excluding hydrogens is 301 g/mol. The number of aromatic nitrogens is 2. The van der Waals surface area contributed by atoms with Crippen molar-refractivity contribution in [3.8, 4) is 11.6 Å². The van der Waals surface area contributed by atoms with Gasteiger partial charge in [0.1, 0.15) is 11.0 Å². The normalized spacial score (nSPS) is 14.0. The number of ether oxygens (including phenoxy) is 1. The highest BCUT2D eigenvalue weighted by atomic mass is 35.5. The maximum absolute atomic E-state index is 13.8. The minimum atomic E-state index is -0.841. The maximum atomic E-state index is 13.8. The van der Waals surface area contributed by atoms with Crippen LogP contribution in [0.25, 0.3) is 0 Å². The first-order chi connectivity index (χ1) is 10.0. The van der Waals surface area contributed by atoms with Crippen molar-refractivity contribution in [1.29, 1.82) is 0 Å². The van der Waals surface area contributed by atoms with Crippen molar-refractivity contribution in [3.05, 3.63) is 51.2 Å². The Bertz CT molecular complexity index is 722. The molecule has 0 saturated heterocycles. The van der Waals surface area contributed by atoms with E-state index in [2.05, 4.69) is 9.97 Å². The lowest BCUT2D eigenvalue weighted by Gasteiger charge is -2.07. The van der Waals surface area contributed by atoms with Gasteiger partial charge in [0.05, 0.1) is 11.0 Å². The summed E-state index contributed by atoms with van der Waals surface area (Å²) in [6.07, 6.45) is 1.98. The van der Waals surface area contributed by atoms with Crippen molar-refractivity contribution >= 4 is 17.3 Å². The van der Waals surface area contributed by atoms with E-state index in [1.54, 1.807) is 0 Å². The second kappa shape index (κ2) is 5.25. The summed E-state index contributed by atoms with van der Waals surface area (Å²) < 4.78 is 19.1. The van der Waals surface area contributed by atoms with Crippen LogP contribution in [0.3, 0.4) is 0 Å². The number of hydrogen-bond donors (Lipinski definition) is 0. The smallest absolute Gasteiger partial charge is 0.272 e. The lowest BCUT2D eigenvalue weighted by atomic mass is 10.3. The molecule has 6 nitrogen and oxygen atoms in total. The van der Waals surface area contributed by atoms with Crippen molar-refractivity contribution in [2.75, 3.05) is 0 Å². The van der Waals surface area contributed by atoms with E-state index in [0.717, 1.165) is 25.0 Å². The monoisotopic (exact) mass is 309 g/mol. The third-order valence-electron chi connectivity index (χ3n) is 2.97. The SMILES string of the molecule is O=[N+]([O-])c1ccc(Oc2cc(Cl)nc(C3CC3)n2)c(F)c1. The zero-order chi connectivity index (χ0) is 15.0. The molecule has 0 amide bonds. The maximum Gasteiger partial charge on any atom is 0.272 e. The van der Waals surface area contributed by atoms with Gasteiger partial charge in [0.2, 0.25) is 5.88 Å². The van der Waals surface area contributed by atoms with Gasteiger partial charge in [-0.25, -0.2) is 9.37 Å². The van der Waals surface area contributed by atoms with Crippen molar-refractivity contribution in [3.63, 3.8) is 0 Å². The van der Waals surface area contributed by atoms with Crippen LogP contribution in [0.1, 0.15) is 24.6 Å². The minimum absolute atomic E-state index is 0.115. The van der Waals surface area contributed by atoms with Gasteiger partial charge in [-0.15, -0.1) is 0 Å². The van der Waals surface area contributed by atoms with E-state index in [9.17, 15) is 14.5 Å². The van der Waals surface area contributed by atoms with Crippen LogP contribution in [0, 0.1) is 15.9 Å². The Hall–Kier alpha value is -2.28. The van der Waals surface area contributed by atoms with Crippen LogP contribution in [0.5, 0.6) is 11.6 Å². The van der Waals surface area contributed by atoms with Gasteiger partial charge in [-0.2, -0.15) is 4.98 Å². The number of halogens is 2. The third kappa shape index (κ3) is 3.08. The van der Waals surface area contributed by atoms with E-state index in [0.29, 0.717) is 5.82 Å². The van der Waals surface area contributed by atoms with E-state index < -0.39 is 10.7 Å². The molecule has 1 aliphatic carbocycles. The second-order valence-corrected chi connectivity index (χ2v) is 5.02. The van der Waals surface area contributed by atoms with Crippen molar-refractivity contribution < 1.29 is 14.1 Å². The molecule has 0 unspecified atom stereocenters. The van der Waals surface area contributed by atoms with Gasteiger partial charge in [0.15, 0.2) is 11.6 Å². The molecule has 0 N–H and O–H groups in total. The molecule has 1 aromatic carbocycles. The summed E-state index contributed by atoms with van der Waals surface area (Å²) >= 11 is 5.88. The second-order valence-electron chi connectivity index (χ2n) is 4.64. The molecule has 1 saturated carbocycles. The van der Waals surface area contributed by atoms with Crippen LogP contribution in [0.2, 0.25) is 5.15 Å². The van der Waals surface area contributed by atoms with Crippen molar-refractivity contribution in [2.24, 2.45) is 0 Å². The summed E-state index contributed by atoms with van der Waals surface area (Å²) in [5.41, 5.74) is -0.348. The molecule has 0 spiro atoms. The van der Waals surface area contributed by atoms with E-state index in [1.807, 2.05) is 0 Å². The number of non-ortho nitro benzene ring substituents is 1. The Labute approximate surface area is 123 Å². The van der Waals surface area contributed by atoms with Crippen LogP contribution in [0.4, 0.5) is 10.1 Å². The Morgan fingerprint density at radius 3 is 2.71 bits per heavy atom. The summed E-state index contributed by atoms with van der Waals surface area (Å²) in [5, 5.41) is 10.8. The number of nitro benzene ring substituents is 1. The van der Waals surface area contributed by atoms with E-state index >= 15 is 0 Å². The first-order valence-electron chi connectivity index (χ1n) is 6.19. The molecule has 0 atom stereocenters. The lowest BCUT2D eigenvalue weighted by Crippen LogP contribution is -1.98. The fourth-order valence-electron chi connectivity index (χ4n) is 1.79. The van der Waals surface area contributed by atoms with Crippen LogP contribution >= 0.6 is 11.6 Å². The highest BCUT2D eigenvalue weighted by molar-refractivity contribution is 6.29. The molecule has 3 rings (SSSR count). The summed E-state index contributed by atoms with van der Waals surface area (Å²) in [5.74, 6) is -0.0405. The standard InChI is InChI=1S/C13H9ClFN3O3/c14-11-6-12(17-13(16-11)7-1-2-7)21-10-4-3-8(18(19)20)5-9(10)15/h3-7H,1-2H2. The van der Waals surface area contributed by atoms with Gasteiger partial charge in [-0.1, -0.05) is 11.6 Å². The molecular formula is C13H9ClFN3O3. The predicted octanol–water partition coefficient (Wildman–Crippen LogP) is 3.85. The van der Waals surface area contributed by atoms with E-state index in [4.69, 9.17) is 16.3 Å². The minimum Gasteiger partial charge on any atom is -0.436 e. The first kappa shape index (κ1) is 13.7. The van der Waals surface area contributed by atoms with Gasteiger partial charge < -0.3 is 4.74 Å². The van der Waals surface area contributed by atoms with Crippen molar-refractivity contribution in [2.45, 2.75) is 18.8 Å². The highest BCUT2D eigenvalue weighted by Gasteiger charge is 2.27. The largest absolute Gasteiger partial charge is 0.436 e. The van der Waals surface area contributed by atoms with Crippen LogP contribution in [-0.4, -0.2) is 14.9 Å². The van der Waals surface area contributed by atoms with E-state index in [1.165, 1.54) is 12.1 Å². The van der Waals surface area contributed by atoms with Crippen molar-refractivity contribution in [1.82, 2.24) is 9.97 Å². The number of hydrogen-bond acceptors (Lipinski definition) is 5. The summed E-state index contributed by atoms with van der Waals surface area (Å²) in [6.45, 7) is 0. The number of benzene rings is 1.